The molecule has 2 aromatic carbocycles. The van der Waals surface area contributed by atoms with Crippen molar-refractivity contribution in [1.29, 1.82) is 5.26 Å². The first kappa shape index (κ1) is 18.4. The fourth-order valence-corrected chi connectivity index (χ4v) is 3.66. The smallest absolute Gasteiger partial charge is 0.261 e. The molecular formula is C21H17N3O2S. The first-order valence-electron chi connectivity index (χ1n) is 8.29. The number of likely N-dealkylation sites (N-methyl/N-ethyl adjacent to an activating group) is 1. The Hall–Kier alpha value is -3.43. The molecule has 0 saturated heterocycles. The minimum atomic E-state index is -0.464. The Bertz CT molecular complexity index is 934. The predicted molar refractivity (Wildman–Crippen MR) is 106 cm³/mol. The lowest BCUT2D eigenvalue weighted by Gasteiger charge is -2.07. The third-order valence-corrected chi connectivity index (χ3v) is 5.18. The zero-order valence-corrected chi connectivity index (χ0v) is 15.5. The lowest BCUT2D eigenvalue weighted by atomic mass is 10.0. The highest BCUT2D eigenvalue weighted by atomic mass is 32.1. The molecule has 0 bridgehead atoms. The van der Waals surface area contributed by atoms with Crippen LogP contribution < -0.4 is 5.32 Å². The number of thiophene rings is 1. The van der Waals surface area contributed by atoms with Gasteiger partial charge < -0.3 is 5.32 Å². The summed E-state index contributed by atoms with van der Waals surface area (Å²) in [5.74, 6) is -0.798. The Kier molecular flexibility index (Phi) is 5.64. The second-order valence-electron chi connectivity index (χ2n) is 5.82. The third-order valence-electron chi connectivity index (χ3n) is 4.00. The van der Waals surface area contributed by atoms with Crippen LogP contribution >= 0.6 is 11.3 Å². The molecule has 1 N–H and O–H groups in total. The number of nitriles is 1. The van der Waals surface area contributed by atoms with Crippen LogP contribution in [0.25, 0.3) is 21.6 Å². The van der Waals surface area contributed by atoms with Crippen molar-refractivity contribution in [1.82, 2.24) is 10.2 Å². The number of hydrogen-bond acceptors (Lipinski definition) is 4. The van der Waals surface area contributed by atoms with Crippen molar-refractivity contribution < 1.29 is 9.59 Å². The van der Waals surface area contributed by atoms with Crippen molar-refractivity contribution in [3.63, 3.8) is 0 Å². The maximum atomic E-state index is 12.5. The van der Waals surface area contributed by atoms with Gasteiger partial charge in [-0.25, -0.2) is 0 Å². The van der Waals surface area contributed by atoms with E-state index >= 15 is 0 Å². The van der Waals surface area contributed by atoms with Gasteiger partial charge in [-0.3, -0.25) is 14.5 Å². The molecule has 0 aliphatic heterocycles. The lowest BCUT2D eigenvalue weighted by molar-refractivity contribution is -0.126. The van der Waals surface area contributed by atoms with Gasteiger partial charge in [0.1, 0.15) is 0 Å². The number of nitrogens with zero attached hydrogens (tertiary/aromatic N) is 2. The van der Waals surface area contributed by atoms with E-state index in [1.807, 2.05) is 66.7 Å². The summed E-state index contributed by atoms with van der Waals surface area (Å²) < 4.78 is 0. The highest BCUT2D eigenvalue weighted by molar-refractivity contribution is 7.18. The second kappa shape index (κ2) is 8.30. The number of carbonyl (C=O) groups is 2. The van der Waals surface area contributed by atoms with Crippen molar-refractivity contribution in [2.75, 3.05) is 13.6 Å². The van der Waals surface area contributed by atoms with E-state index in [0.29, 0.717) is 4.88 Å². The standard InChI is InChI=1S/C21H17N3O2S/c1-24(14-22)19(25)13-23-21(26)18-12-17(15-8-4-2-5-9-15)20(27-18)16-10-6-3-7-11-16/h2-12H,13H2,1H3,(H,23,26). The summed E-state index contributed by atoms with van der Waals surface area (Å²) in [7, 11) is 1.36. The van der Waals surface area contributed by atoms with Gasteiger partial charge in [-0.1, -0.05) is 60.7 Å². The summed E-state index contributed by atoms with van der Waals surface area (Å²) in [6.45, 7) is -0.220. The molecule has 0 spiro atoms. The van der Waals surface area contributed by atoms with E-state index in [-0.39, 0.29) is 12.5 Å². The van der Waals surface area contributed by atoms with Crippen LogP contribution in [-0.2, 0) is 4.79 Å². The molecule has 0 fully saturated rings. The number of hydrogen-bond donors (Lipinski definition) is 1. The summed E-state index contributed by atoms with van der Waals surface area (Å²) in [6, 6.07) is 21.6. The van der Waals surface area contributed by atoms with E-state index in [0.717, 1.165) is 26.5 Å². The maximum Gasteiger partial charge on any atom is 0.261 e. The molecule has 0 atom stereocenters. The van der Waals surface area contributed by atoms with Crippen molar-refractivity contribution in [3.05, 3.63) is 71.6 Å². The number of carbonyl (C=O) groups excluding carboxylic acids is 2. The molecule has 3 aromatic rings. The number of rotatable bonds is 5. The number of nitrogens with one attached hydrogen (secondary N) is 1. The molecule has 27 heavy (non-hydrogen) atoms. The normalized spacial score (nSPS) is 10.1. The minimum Gasteiger partial charge on any atom is -0.342 e. The molecule has 1 heterocycles. The molecule has 0 unspecified atom stereocenters. The van der Waals surface area contributed by atoms with Crippen molar-refractivity contribution >= 4 is 23.2 Å². The quantitative estimate of drug-likeness (QED) is 0.545. The molecule has 3 rings (SSSR count). The molecule has 134 valence electrons. The van der Waals surface area contributed by atoms with E-state index in [2.05, 4.69) is 5.32 Å². The van der Waals surface area contributed by atoms with Gasteiger partial charge in [-0.15, -0.1) is 11.3 Å². The van der Waals surface area contributed by atoms with E-state index in [1.165, 1.54) is 18.4 Å². The van der Waals surface area contributed by atoms with E-state index < -0.39 is 5.91 Å². The average molecular weight is 375 g/mol. The largest absolute Gasteiger partial charge is 0.342 e. The number of amides is 2. The van der Waals surface area contributed by atoms with E-state index in [9.17, 15) is 9.59 Å². The van der Waals surface area contributed by atoms with Crippen LogP contribution in [0.5, 0.6) is 0 Å². The van der Waals surface area contributed by atoms with Crippen LogP contribution in [-0.4, -0.2) is 30.3 Å². The molecule has 5 nitrogen and oxygen atoms in total. The second-order valence-corrected chi connectivity index (χ2v) is 6.87. The molecule has 2 amide bonds. The minimum absolute atomic E-state index is 0.220. The van der Waals surface area contributed by atoms with Crippen LogP contribution in [0.2, 0.25) is 0 Å². The summed E-state index contributed by atoms with van der Waals surface area (Å²) in [4.78, 5) is 26.6. The highest BCUT2D eigenvalue weighted by Crippen LogP contribution is 2.39. The highest BCUT2D eigenvalue weighted by Gasteiger charge is 2.18. The molecule has 0 radical (unpaired) electrons. The van der Waals surface area contributed by atoms with Crippen LogP contribution in [0, 0.1) is 11.5 Å². The molecule has 1 aromatic heterocycles. The zero-order valence-electron chi connectivity index (χ0n) is 14.7. The fraction of sp³-hybridized carbons (Fsp3) is 0.0952. The first-order valence-corrected chi connectivity index (χ1v) is 9.11. The first-order chi connectivity index (χ1) is 13.1. The van der Waals surface area contributed by atoms with Gasteiger partial charge in [-0.2, -0.15) is 5.26 Å². The van der Waals surface area contributed by atoms with Crippen LogP contribution in [0.1, 0.15) is 9.67 Å². The van der Waals surface area contributed by atoms with Gasteiger partial charge >= 0.3 is 0 Å². The van der Waals surface area contributed by atoms with Gasteiger partial charge in [0.25, 0.3) is 11.8 Å². The molecular weight excluding hydrogens is 358 g/mol. The topological polar surface area (TPSA) is 73.2 Å². The van der Waals surface area contributed by atoms with E-state index in [4.69, 9.17) is 5.26 Å². The van der Waals surface area contributed by atoms with Crippen LogP contribution in [0.4, 0.5) is 0 Å². The third kappa shape index (κ3) is 4.22. The van der Waals surface area contributed by atoms with Gasteiger partial charge in [0.15, 0.2) is 6.19 Å². The average Bonchev–Trinajstić information content (AvgIpc) is 3.18. The molecule has 6 heteroatoms. The predicted octanol–water partition coefficient (Wildman–Crippen LogP) is 3.75. The van der Waals surface area contributed by atoms with Crippen molar-refractivity contribution in [2.24, 2.45) is 0 Å². The summed E-state index contributed by atoms with van der Waals surface area (Å²) >= 11 is 1.38. The Morgan fingerprint density at radius 2 is 1.63 bits per heavy atom. The van der Waals surface area contributed by atoms with Crippen molar-refractivity contribution in [2.45, 2.75) is 0 Å². The summed E-state index contributed by atoms with van der Waals surface area (Å²) in [5.41, 5.74) is 3.02. The summed E-state index contributed by atoms with van der Waals surface area (Å²) in [6.07, 6.45) is 1.72. The van der Waals surface area contributed by atoms with Crippen molar-refractivity contribution in [3.8, 4) is 27.8 Å². The molecule has 0 aliphatic rings. The SMILES string of the molecule is CN(C#N)C(=O)CNC(=O)c1cc(-c2ccccc2)c(-c2ccccc2)s1. The fourth-order valence-electron chi connectivity index (χ4n) is 2.56. The van der Waals surface area contributed by atoms with Crippen LogP contribution in [0.3, 0.4) is 0 Å². The Labute approximate surface area is 161 Å². The van der Waals surface area contributed by atoms with Gasteiger partial charge in [0.2, 0.25) is 0 Å². The molecule has 0 saturated carbocycles. The Balaban J connectivity index is 1.91. The van der Waals surface area contributed by atoms with Gasteiger partial charge in [-0.05, 0) is 17.2 Å². The monoisotopic (exact) mass is 375 g/mol. The maximum absolute atomic E-state index is 12.5. The van der Waals surface area contributed by atoms with E-state index in [1.54, 1.807) is 6.19 Å². The Morgan fingerprint density at radius 1 is 1.04 bits per heavy atom. The number of benzene rings is 2. The zero-order chi connectivity index (χ0) is 19.2. The van der Waals surface area contributed by atoms with Gasteiger partial charge in [0, 0.05) is 17.5 Å². The van der Waals surface area contributed by atoms with Gasteiger partial charge in [0.05, 0.1) is 11.4 Å². The van der Waals surface area contributed by atoms with Crippen LogP contribution in [0.15, 0.2) is 66.7 Å². The lowest BCUT2D eigenvalue weighted by Crippen LogP contribution is -2.35. The Morgan fingerprint density at radius 3 is 2.22 bits per heavy atom. The molecule has 0 aliphatic carbocycles. The summed E-state index contributed by atoms with van der Waals surface area (Å²) in [5, 5.41) is 11.3.